The maximum atomic E-state index is 10.7. The van der Waals surface area contributed by atoms with Crippen LogP contribution in [-0.2, 0) is 0 Å². The first-order valence-electron chi connectivity index (χ1n) is 5.62. The predicted octanol–water partition coefficient (Wildman–Crippen LogP) is 2.34. The van der Waals surface area contributed by atoms with E-state index in [1.807, 2.05) is 12.1 Å². The first-order valence-corrected chi connectivity index (χ1v) is 6.43. The normalized spacial score (nSPS) is 10.8. The molecular formula is C12H20N2OS. The predicted molar refractivity (Wildman–Crippen MR) is 70.8 cm³/mol. The molecule has 0 spiro atoms. The Bertz CT molecular complexity index is 323. The van der Waals surface area contributed by atoms with Gasteiger partial charge in [0.05, 0.1) is 9.88 Å². The van der Waals surface area contributed by atoms with Crippen molar-refractivity contribution >= 4 is 22.6 Å². The van der Waals surface area contributed by atoms with Gasteiger partial charge in [-0.05, 0) is 32.6 Å². The minimum absolute atomic E-state index is 0.806. The zero-order chi connectivity index (χ0) is 12.0. The number of rotatable bonds is 7. The average molecular weight is 240 g/mol. The van der Waals surface area contributed by atoms with Gasteiger partial charge >= 0.3 is 0 Å². The quantitative estimate of drug-likeness (QED) is 0.683. The molecule has 1 heterocycles. The summed E-state index contributed by atoms with van der Waals surface area (Å²) in [6.45, 7) is 5.28. The molecule has 0 aliphatic rings. The molecule has 0 amide bonds. The lowest BCUT2D eigenvalue weighted by Crippen LogP contribution is -2.31. The molecule has 0 saturated heterocycles. The van der Waals surface area contributed by atoms with Gasteiger partial charge in [0, 0.05) is 19.6 Å². The van der Waals surface area contributed by atoms with Crippen LogP contribution in [0.1, 0.15) is 23.0 Å². The number of nitrogens with zero attached hydrogens (tertiary/aromatic N) is 2. The maximum Gasteiger partial charge on any atom is 0.160 e. The highest BCUT2D eigenvalue weighted by atomic mass is 32.1. The van der Waals surface area contributed by atoms with Gasteiger partial charge < -0.3 is 9.80 Å². The highest BCUT2D eigenvalue weighted by molar-refractivity contribution is 7.17. The molecule has 1 rings (SSSR count). The summed E-state index contributed by atoms with van der Waals surface area (Å²) in [4.78, 5) is 16.0. The second-order valence-corrected chi connectivity index (χ2v) is 5.18. The van der Waals surface area contributed by atoms with Crippen LogP contribution in [0.25, 0.3) is 0 Å². The van der Waals surface area contributed by atoms with E-state index in [-0.39, 0.29) is 0 Å². The van der Waals surface area contributed by atoms with Crippen LogP contribution in [0, 0.1) is 0 Å². The summed E-state index contributed by atoms with van der Waals surface area (Å²) in [6, 6.07) is 3.94. The average Bonchev–Trinajstić information content (AvgIpc) is 2.72. The van der Waals surface area contributed by atoms with E-state index in [0.717, 1.165) is 37.2 Å². The molecule has 0 aliphatic carbocycles. The van der Waals surface area contributed by atoms with Crippen LogP contribution in [0.15, 0.2) is 12.1 Å². The highest BCUT2D eigenvalue weighted by Crippen LogP contribution is 2.24. The highest BCUT2D eigenvalue weighted by Gasteiger charge is 2.08. The zero-order valence-electron chi connectivity index (χ0n) is 10.3. The van der Waals surface area contributed by atoms with Crippen molar-refractivity contribution in [3.05, 3.63) is 17.0 Å². The molecule has 0 radical (unpaired) electrons. The van der Waals surface area contributed by atoms with Crippen LogP contribution in [-0.4, -0.2) is 44.9 Å². The molecule has 0 unspecified atom stereocenters. The van der Waals surface area contributed by atoms with E-state index in [1.54, 1.807) is 11.3 Å². The van der Waals surface area contributed by atoms with Gasteiger partial charge in [-0.3, -0.25) is 4.79 Å². The van der Waals surface area contributed by atoms with E-state index in [9.17, 15) is 4.79 Å². The number of anilines is 1. The van der Waals surface area contributed by atoms with Gasteiger partial charge in [0.2, 0.25) is 0 Å². The van der Waals surface area contributed by atoms with Crippen molar-refractivity contribution in [3.8, 4) is 0 Å². The minimum Gasteiger partial charge on any atom is -0.362 e. The Balaban J connectivity index is 2.64. The Morgan fingerprint density at radius 1 is 1.25 bits per heavy atom. The van der Waals surface area contributed by atoms with Crippen LogP contribution >= 0.6 is 11.3 Å². The molecule has 0 aliphatic heterocycles. The van der Waals surface area contributed by atoms with Crippen LogP contribution in [0.5, 0.6) is 0 Å². The fourth-order valence-corrected chi connectivity index (χ4v) is 2.37. The zero-order valence-corrected chi connectivity index (χ0v) is 11.1. The van der Waals surface area contributed by atoms with Gasteiger partial charge in [0.15, 0.2) is 6.29 Å². The summed E-state index contributed by atoms with van der Waals surface area (Å²) in [7, 11) is 4.16. The van der Waals surface area contributed by atoms with Gasteiger partial charge in [0.1, 0.15) is 0 Å². The van der Waals surface area contributed by atoms with E-state index in [2.05, 4.69) is 30.8 Å². The molecule has 0 saturated carbocycles. The summed E-state index contributed by atoms with van der Waals surface area (Å²) < 4.78 is 0. The van der Waals surface area contributed by atoms with Crippen molar-refractivity contribution in [2.45, 2.75) is 13.3 Å². The Hall–Kier alpha value is -0.870. The molecule has 1 aromatic rings. The fourth-order valence-electron chi connectivity index (χ4n) is 1.50. The SMILES string of the molecule is CCCN(CCN(C)C)c1ccc(C=O)s1. The molecule has 0 N–H and O–H groups in total. The molecule has 0 bridgehead atoms. The third kappa shape index (κ3) is 3.94. The lowest BCUT2D eigenvalue weighted by Gasteiger charge is -2.24. The summed E-state index contributed by atoms with van der Waals surface area (Å²) in [5.74, 6) is 0. The number of aldehydes is 1. The van der Waals surface area contributed by atoms with Crippen molar-refractivity contribution < 1.29 is 4.79 Å². The third-order valence-corrected chi connectivity index (χ3v) is 3.42. The van der Waals surface area contributed by atoms with Crippen molar-refractivity contribution in [3.63, 3.8) is 0 Å². The Labute approximate surface area is 102 Å². The minimum atomic E-state index is 0.806. The molecule has 3 nitrogen and oxygen atoms in total. The molecule has 0 aromatic carbocycles. The van der Waals surface area contributed by atoms with Gasteiger partial charge in [0.25, 0.3) is 0 Å². The Kier molecular flexibility index (Phi) is 5.49. The van der Waals surface area contributed by atoms with Gasteiger partial charge in [-0.2, -0.15) is 0 Å². The molecular weight excluding hydrogens is 220 g/mol. The molecule has 0 fully saturated rings. The maximum absolute atomic E-state index is 10.7. The van der Waals surface area contributed by atoms with Gasteiger partial charge in [-0.1, -0.05) is 6.92 Å². The van der Waals surface area contributed by atoms with Crippen molar-refractivity contribution in [2.75, 3.05) is 38.6 Å². The van der Waals surface area contributed by atoms with Crippen molar-refractivity contribution in [2.24, 2.45) is 0 Å². The summed E-state index contributed by atoms with van der Waals surface area (Å²) in [5.41, 5.74) is 0. The first kappa shape index (κ1) is 13.2. The fraction of sp³-hybridized carbons (Fsp3) is 0.583. The van der Waals surface area contributed by atoms with Crippen LogP contribution in [0.4, 0.5) is 5.00 Å². The number of thiophene rings is 1. The molecule has 1 aromatic heterocycles. The lowest BCUT2D eigenvalue weighted by atomic mass is 10.4. The van der Waals surface area contributed by atoms with Crippen LogP contribution in [0.2, 0.25) is 0 Å². The molecule has 90 valence electrons. The molecule has 16 heavy (non-hydrogen) atoms. The Morgan fingerprint density at radius 2 is 2.00 bits per heavy atom. The number of hydrogen-bond donors (Lipinski definition) is 0. The van der Waals surface area contributed by atoms with E-state index in [4.69, 9.17) is 0 Å². The lowest BCUT2D eigenvalue weighted by molar-refractivity contribution is 0.112. The number of hydrogen-bond acceptors (Lipinski definition) is 4. The molecule has 0 atom stereocenters. The van der Waals surface area contributed by atoms with Crippen LogP contribution < -0.4 is 4.90 Å². The first-order chi connectivity index (χ1) is 7.67. The standard InChI is InChI=1S/C12H20N2OS/c1-4-7-14(9-8-13(2)3)12-6-5-11(10-15)16-12/h5-6,10H,4,7-9H2,1-3H3. The summed E-state index contributed by atoms with van der Waals surface area (Å²) in [5, 5.41) is 1.20. The summed E-state index contributed by atoms with van der Waals surface area (Å²) in [6.07, 6.45) is 2.05. The van der Waals surface area contributed by atoms with E-state index >= 15 is 0 Å². The largest absolute Gasteiger partial charge is 0.362 e. The van der Waals surface area contributed by atoms with E-state index in [1.165, 1.54) is 5.00 Å². The van der Waals surface area contributed by atoms with E-state index < -0.39 is 0 Å². The number of likely N-dealkylation sites (N-methyl/N-ethyl adjacent to an activating group) is 1. The van der Waals surface area contributed by atoms with Gasteiger partial charge in [-0.25, -0.2) is 0 Å². The second-order valence-electron chi connectivity index (χ2n) is 4.08. The number of carbonyl (C=O) groups excluding carboxylic acids is 1. The monoisotopic (exact) mass is 240 g/mol. The van der Waals surface area contributed by atoms with Crippen molar-refractivity contribution in [1.29, 1.82) is 0 Å². The summed E-state index contributed by atoms with van der Waals surface area (Å²) >= 11 is 1.57. The Morgan fingerprint density at radius 3 is 2.50 bits per heavy atom. The van der Waals surface area contributed by atoms with Crippen LogP contribution in [0.3, 0.4) is 0 Å². The topological polar surface area (TPSA) is 23.6 Å². The molecule has 4 heteroatoms. The second kappa shape index (κ2) is 6.66. The third-order valence-electron chi connectivity index (χ3n) is 2.35. The van der Waals surface area contributed by atoms with E-state index in [0.29, 0.717) is 0 Å². The van der Waals surface area contributed by atoms with Gasteiger partial charge in [-0.15, -0.1) is 11.3 Å². The number of carbonyl (C=O) groups is 1. The van der Waals surface area contributed by atoms with Crippen molar-refractivity contribution in [1.82, 2.24) is 4.90 Å². The smallest absolute Gasteiger partial charge is 0.160 e.